The van der Waals surface area contributed by atoms with Gasteiger partial charge in [-0.2, -0.15) is 0 Å². The van der Waals surface area contributed by atoms with Gasteiger partial charge in [-0.05, 0) is 98.2 Å². The molecule has 0 unspecified atom stereocenters. The van der Waals surface area contributed by atoms with Crippen LogP contribution < -0.4 is 0 Å². The molecular formula is C37H35+. The highest BCUT2D eigenvalue weighted by atomic mass is 14.2. The fraction of sp³-hybridized carbons (Fsp3) is 0.162. The maximum Gasteiger partial charge on any atom is 0.110 e. The van der Waals surface area contributed by atoms with Gasteiger partial charge >= 0.3 is 0 Å². The summed E-state index contributed by atoms with van der Waals surface area (Å²) in [6.45, 7) is 8.83. The predicted molar refractivity (Wildman–Crippen MR) is 159 cm³/mol. The molecule has 0 radical (unpaired) electrons. The smallest absolute Gasteiger partial charge is 0.0620 e. The third-order valence-corrected chi connectivity index (χ3v) is 7.53. The van der Waals surface area contributed by atoms with Gasteiger partial charge in [-0.15, -0.1) is 0 Å². The van der Waals surface area contributed by atoms with Crippen LogP contribution in [-0.4, -0.2) is 0 Å². The van der Waals surface area contributed by atoms with Gasteiger partial charge in [-0.25, -0.2) is 0 Å². The Balaban J connectivity index is 1.50. The van der Waals surface area contributed by atoms with E-state index in [9.17, 15) is 0 Å². The Kier molecular flexibility index (Phi) is 7.28. The lowest BCUT2D eigenvalue weighted by molar-refractivity contribution is 1.15. The Morgan fingerprint density at radius 3 is 1.49 bits per heavy atom. The van der Waals surface area contributed by atoms with E-state index in [0.717, 1.165) is 12.8 Å². The Morgan fingerprint density at radius 2 is 1.05 bits per heavy atom. The van der Waals surface area contributed by atoms with Crippen molar-refractivity contribution in [2.24, 2.45) is 0 Å². The molecule has 0 amide bonds. The summed E-state index contributed by atoms with van der Waals surface area (Å²) in [6.07, 6.45) is 8.52. The molecule has 0 bridgehead atoms. The van der Waals surface area contributed by atoms with Gasteiger partial charge in [0.1, 0.15) is 5.57 Å². The van der Waals surface area contributed by atoms with Crippen molar-refractivity contribution in [1.29, 1.82) is 0 Å². The quantitative estimate of drug-likeness (QED) is 0.242. The summed E-state index contributed by atoms with van der Waals surface area (Å²) in [7, 11) is 0. The van der Waals surface area contributed by atoms with Crippen molar-refractivity contribution in [2.45, 2.75) is 40.5 Å². The van der Waals surface area contributed by atoms with E-state index in [4.69, 9.17) is 0 Å². The normalized spacial score (nSPS) is 13.0. The number of hydrogen-bond acceptors (Lipinski definition) is 0. The molecule has 0 atom stereocenters. The van der Waals surface area contributed by atoms with Crippen LogP contribution in [0.5, 0.6) is 0 Å². The summed E-state index contributed by atoms with van der Waals surface area (Å²) in [6, 6.07) is 35.7. The summed E-state index contributed by atoms with van der Waals surface area (Å²) in [5, 5.41) is 0. The van der Waals surface area contributed by atoms with E-state index in [-0.39, 0.29) is 0 Å². The fourth-order valence-electron chi connectivity index (χ4n) is 5.30. The maximum atomic E-state index is 2.30. The zero-order valence-corrected chi connectivity index (χ0v) is 22.4. The number of hydrogen-bond donors (Lipinski definition) is 0. The first kappa shape index (κ1) is 24.7. The molecule has 0 spiro atoms. The summed E-state index contributed by atoms with van der Waals surface area (Å²) >= 11 is 0. The van der Waals surface area contributed by atoms with E-state index in [1.807, 2.05) is 0 Å². The molecule has 5 rings (SSSR count). The zero-order chi connectivity index (χ0) is 25.8. The van der Waals surface area contributed by atoms with Gasteiger partial charge in [0.05, 0.1) is 5.57 Å². The van der Waals surface area contributed by atoms with Crippen LogP contribution in [0.4, 0.5) is 0 Å². The second kappa shape index (κ2) is 10.9. The lowest BCUT2D eigenvalue weighted by atomic mass is 9.81. The third kappa shape index (κ3) is 5.54. The average Bonchev–Trinajstić information content (AvgIpc) is 2.90. The molecule has 0 nitrogen and oxygen atoms in total. The van der Waals surface area contributed by atoms with E-state index >= 15 is 0 Å². The average molecular weight is 480 g/mol. The minimum Gasteiger partial charge on any atom is -0.0620 e. The molecule has 0 N–H and O–H groups in total. The lowest BCUT2D eigenvalue weighted by Gasteiger charge is -2.17. The molecule has 0 fully saturated rings. The van der Waals surface area contributed by atoms with Crippen LogP contribution in [0.25, 0.3) is 5.57 Å². The monoisotopic (exact) mass is 479 g/mol. The molecule has 0 saturated heterocycles. The second-order valence-corrected chi connectivity index (χ2v) is 10.2. The zero-order valence-electron chi connectivity index (χ0n) is 22.4. The molecule has 0 heterocycles. The van der Waals surface area contributed by atoms with Gasteiger partial charge in [-0.1, -0.05) is 72.8 Å². The minimum absolute atomic E-state index is 0.958. The van der Waals surface area contributed by atoms with Crippen LogP contribution in [0.1, 0.15) is 58.4 Å². The first-order chi connectivity index (χ1) is 18.0. The van der Waals surface area contributed by atoms with Crippen LogP contribution >= 0.6 is 0 Å². The van der Waals surface area contributed by atoms with Crippen molar-refractivity contribution in [1.82, 2.24) is 0 Å². The van der Waals surface area contributed by atoms with Crippen molar-refractivity contribution in [2.75, 3.05) is 0 Å². The molecule has 0 aromatic heterocycles. The summed E-state index contributed by atoms with van der Waals surface area (Å²) in [4.78, 5) is 0. The maximum absolute atomic E-state index is 2.30. The minimum atomic E-state index is 0.958. The number of aryl methyl sites for hydroxylation is 2. The Labute approximate surface area is 222 Å². The molecule has 0 heteroatoms. The highest BCUT2D eigenvalue weighted by Gasteiger charge is 2.26. The van der Waals surface area contributed by atoms with Crippen molar-refractivity contribution < 1.29 is 0 Å². The van der Waals surface area contributed by atoms with Crippen LogP contribution in [-0.2, 0) is 12.8 Å². The molecule has 37 heavy (non-hydrogen) atoms. The summed E-state index contributed by atoms with van der Waals surface area (Å²) in [5.74, 6) is 1.31. The highest BCUT2D eigenvalue weighted by Crippen LogP contribution is 2.38. The van der Waals surface area contributed by atoms with Gasteiger partial charge in [0, 0.05) is 40.8 Å². The van der Waals surface area contributed by atoms with Crippen LogP contribution in [0.3, 0.4) is 0 Å². The van der Waals surface area contributed by atoms with Crippen molar-refractivity contribution in [3.8, 4) is 0 Å². The largest absolute Gasteiger partial charge is 0.110 e. The molecule has 4 aromatic carbocycles. The Hall–Kier alpha value is -4.03. The Bertz CT molecular complexity index is 1380. The van der Waals surface area contributed by atoms with Gasteiger partial charge in [0.2, 0.25) is 0 Å². The van der Waals surface area contributed by atoms with Gasteiger partial charge in [0.15, 0.2) is 0 Å². The molecule has 182 valence electrons. The lowest BCUT2D eigenvalue weighted by Crippen LogP contribution is -2.05. The van der Waals surface area contributed by atoms with E-state index in [1.54, 1.807) is 0 Å². The molecule has 1 aliphatic rings. The van der Waals surface area contributed by atoms with Crippen molar-refractivity contribution >= 4 is 5.57 Å². The van der Waals surface area contributed by atoms with E-state index in [0.29, 0.717) is 0 Å². The topological polar surface area (TPSA) is 0 Å². The molecule has 0 saturated carbocycles. The van der Waals surface area contributed by atoms with Crippen LogP contribution in [0.2, 0.25) is 0 Å². The first-order valence-corrected chi connectivity index (χ1v) is 13.2. The highest BCUT2D eigenvalue weighted by molar-refractivity contribution is 5.88. The summed E-state index contributed by atoms with van der Waals surface area (Å²) < 4.78 is 0. The number of rotatable bonds is 6. The van der Waals surface area contributed by atoms with Gasteiger partial charge in [-0.3, -0.25) is 0 Å². The number of allylic oxidation sites excluding steroid dienone is 5. The number of benzene rings is 4. The van der Waals surface area contributed by atoms with Crippen molar-refractivity contribution in [3.63, 3.8) is 0 Å². The van der Waals surface area contributed by atoms with Crippen molar-refractivity contribution in [3.05, 3.63) is 177 Å². The first-order valence-electron chi connectivity index (χ1n) is 13.2. The molecule has 1 aliphatic carbocycles. The molecule has 0 aliphatic heterocycles. The summed E-state index contributed by atoms with van der Waals surface area (Å²) in [5.41, 5.74) is 14.6. The predicted octanol–water partition coefficient (Wildman–Crippen LogP) is 9.40. The standard InChI is InChI=1S/C37H35/c1-26-10-5-7-14-34(26)24-30-16-20-32(21-17-30)37(36-28(3)12-9-13-29(36)4)33-22-18-31(19-23-33)25-35-15-8-6-11-27(35)2/h5-23H,24-25H2,1-4H3/q+1. The van der Waals surface area contributed by atoms with Gasteiger partial charge in [0.25, 0.3) is 0 Å². The van der Waals surface area contributed by atoms with Crippen LogP contribution in [0, 0.1) is 19.8 Å². The molecular weight excluding hydrogens is 444 g/mol. The third-order valence-electron chi connectivity index (χ3n) is 7.53. The van der Waals surface area contributed by atoms with Gasteiger partial charge < -0.3 is 0 Å². The second-order valence-electron chi connectivity index (χ2n) is 10.2. The van der Waals surface area contributed by atoms with E-state index in [1.165, 1.54) is 67.1 Å². The van der Waals surface area contributed by atoms with E-state index < -0.39 is 0 Å². The van der Waals surface area contributed by atoms with E-state index in [2.05, 4.69) is 143 Å². The molecule has 4 aromatic rings. The fourth-order valence-corrected chi connectivity index (χ4v) is 5.30. The van der Waals surface area contributed by atoms with Crippen LogP contribution in [0.15, 0.2) is 126 Å². The Morgan fingerprint density at radius 1 is 0.595 bits per heavy atom. The SMILES string of the molecule is CC1=CC=C[C+](C)C1=C(c1ccc(Cc2ccccc2C)cc1)c1ccc(Cc2ccccc2C)cc1.